The maximum Gasteiger partial charge on any atom is 0.120 e. The topological polar surface area (TPSA) is 20.2 Å². The van der Waals surface area contributed by atoms with Gasteiger partial charge in [0.1, 0.15) is 4.33 Å². The third-order valence-electron chi connectivity index (χ3n) is 8.69. The molecule has 0 amide bonds. The number of allylic oxidation sites excluding steroid dienone is 4. The summed E-state index contributed by atoms with van der Waals surface area (Å²) < 4.78 is -0.607. The summed E-state index contributed by atoms with van der Waals surface area (Å²) in [6, 6.07) is 0. The molecule has 1 nitrogen and oxygen atoms in total. The fraction of sp³-hybridized carbons (Fsp3) is 0.778. The third-order valence-corrected chi connectivity index (χ3v) is 9.94. The molecule has 3 aliphatic carbocycles. The molecule has 3 heteroatoms. The number of rotatable bonds is 6. The number of hydrogen-bond acceptors (Lipinski definition) is 1. The number of aliphatic hydroxyl groups excluding tert-OH is 1. The van der Waals surface area contributed by atoms with Gasteiger partial charge < -0.3 is 5.11 Å². The summed E-state index contributed by atoms with van der Waals surface area (Å²) in [7, 11) is 0. The lowest BCUT2D eigenvalue weighted by Crippen LogP contribution is -2.36. The zero-order valence-electron chi connectivity index (χ0n) is 19.5. The molecule has 3 rings (SSSR count). The summed E-state index contributed by atoms with van der Waals surface area (Å²) in [5.74, 6) is 2.38. The molecule has 0 aliphatic heterocycles. The molecule has 1 N–H and O–H groups in total. The summed E-state index contributed by atoms with van der Waals surface area (Å²) >= 11 is 13.2. The quantitative estimate of drug-likeness (QED) is 0.400. The van der Waals surface area contributed by atoms with Gasteiger partial charge in [0.25, 0.3) is 0 Å². The number of aliphatic hydroxyl groups is 1. The average molecular weight is 454 g/mol. The van der Waals surface area contributed by atoms with Crippen LogP contribution >= 0.6 is 23.2 Å². The highest BCUT2D eigenvalue weighted by Gasteiger charge is 2.50. The maximum atomic E-state index is 10.0. The van der Waals surface area contributed by atoms with Crippen molar-refractivity contribution in [2.24, 2.45) is 29.1 Å². The van der Waals surface area contributed by atoms with E-state index in [2.05, 4.69) is 46.4 Å². The summed E-state index contributed by atoms with van der Waals surface area (Å²) in [6.07, 6.45) is 15.5. The highest BCUT2D eigenvalue weighted by Crippen LogP contribution is 2.60. The van der Waals surface area contributed by atoms with E-state index in [9.17, 15) is 5.11 Å². The van der Waals surface area contributed by atoms with Crippen LogP contribution in [0.5, 0.6) is 0 Å². The van der Waals surface area contributed by atoms with Crippen LogP contribution in [-0.2, 0) is 0 Å². The average Bonchev–Trinajstić information content (AvgIpc) is 3.04. The molecule has 3 aliphatic rings. The van der Waals surface area contributed by atoms with Crippen LogP contribution in [0.2, 0.25) is 0 Å². The first-order chi connectivity index (χ1) is 14.0. The van der Waals surface area contributed by atoms with E-state index in [1.54, 1.807) is 5.57 Å². The maximum absolute atomic E-state index is 10.0. The molecule has 1 unspecified atom stereocenters. The fourth-order valence-corrected chi connectivity index (χ4v) is 6.74. The van der Waals surface area contributed by atoms with Crippen LogP contribution in [0.3, 0.4) is 0 Å². The van der Waals surface area contributed by atoms with Crippen LogP contribution in [0.25, 0.3) is 0 Å². The second-order valence-corrected chi connectivity index (χ2v) is 12.5. The van der Waals surface area contributed by atoms with Crippen molar-refractivity contribution in [2.45, 2.75) is 102 Å². The largest absolute Gasteiger partial charge is 0.393 e. The van der Waals surface area contributed by atoms with E-state index in [0.29, 0.717) is 17.3 Å². The molecule has 0 spiro atoms. The van der Waals surface area contributed by atoms with Crippen LogP contribution < -0.4 is 0 Å². The van der Waals surface area contributed by atoms with Crippen molar-refractivity contribution >= 4 is 23.2 Å². The van der Waals surface area contributed by atoms with E-state index in [1.807, 2.05) is 0 Å². The lowest BCUT2D eigenvalue weighted by molar-refractivity contribution is 0.0925. The highest BCUT2D eigenvalue weighted by atomic mass is 35.5. The minimum absolute atomic E-state index is 0.199. The number of alkyl halides is 2. The van der Waals surface area contributed by atoms with Gasteiger partial charge in [-0.3, -0.25) is 0 Å². The SMILES string of the molecule is C=C1CC[C@H](O)C/C1=C/C=C1CCC[C@@]2(C)C1CC[C@@H]2[C@H](C)CCC(Cl)(Cl)C(C)C. The molecule has 30 heavy (non-hydrogen) atoms. The predicted octanol–water partition coefficient (Wildman–Crippen LogP) is 8.40. The summed E-state index contributed by atoms with van der Waals surface area (Å²) in [5, 5.41) is 10.0. The smallest absolute Gasteiger partial charge is 0.120 e. The van der Waals surface area contributed by atoms with E-state index in [4.69, 9.17) is 23.2 Å². The Labute approximate surface area is 195 Å². The van der Waals surface area contributed by atoms with Gasteiger partial charge in [0.2, 0.25) is 0 Å². The minimum Gasteiger partial charge on any atom is -0.393 e. The molecule has 0 bridgehead atoms. The normalized spacial score (nSPS) is 36.5. The first kappa shape index (κ1) is 24.4. The van der Waals surface area contributed by atoms with Crippen LogP contribution in [-0.4, -0.2) is 15.5 Å². The zero-order chi connectivity index (χ0) is 22.1. The van der Waals surface area contributed by atoms with Crippen LogP contribution in [0, 0.1) is 29.1 Å². The second kappa shape index (κ2) is 9.72. The Bertz CT molecular complexity index is 689. The van der Waals surface area contributed by atoms with Gasteiger partial charge in [-0.2, -0.15) is 0 Å². The first-order valence-corrected chi connectivity index (χ1v) is 12.9. The molecule has 0 aromatic carbocycles. The van der Waals surface area contributed by atoms with E-state index in [0.717, 1.165) is 38.0 Å². The highest BCUT2D eigenvalue weighted by molar-refractivity contribution is 6.48. The molecule has 0 aromatic heterocycles. The van der Waals surface area contributed by atoms with Crippen molar-refractivity contribution in [3.63, 3.8) is 0 Å². The van der Waals surface area contributed by atoms with Gasteiger partial charge >= 0.3 is 0 Å². The predicted molar refractivity (Wildman–Crippen MR) is 131 cm³/mol. The standard InChI is InChI=1S/C27H42Cl2O/c1-18(2)27(28,29)16-14-20(4)24-12-13-25-21(7-6-15-26(24,25)5)9-10-22-17-23(30)11-8-19(22)3/h9-10,18,20,23-25,30H,3,6-8,11-17H2,1-2,4-5H3/b21-9?,22-10-/t20-,23+,24-,25?,26-/m1/s1. The van der Waals surface area contributed by atoms with Gasteiger partial charge in [-0.15, -0.1) is 23.2 Å². The van der Waals surface area contributed by atoms with Crippen LogP contribution in [0.4, 0.5) is 0 Å². The van der Waals surface area contributed by atoms with Gasteiger partial charge in [0.05, 0.1) is 6.10 Å². The molecular formula is C27H42Cl2O. The Morgan fingerprint density at radius 3 is 2.60 bits per heavy atom. The molecule has 0 heterocycles. The van der Waals surface area contributed by atoms with Crippen molar-refractivity contribution in [2.75, 3.05) is 0 Å². The van der Waals surface area contributed by atoms with Gasteiger partial charge in [0.15, 0.2) is 0 Å². The van der Waals surface area contributed by atoms with Crippen molar-refractivity contribution in [3.8, 4) is 0 Å². The molecule has 5 atom stereocenters. The van der Waals surface area contributed by atoms with E-state index >= 15 is 0 Å². The fourth-order valence-electron chi connectivity index (χ4n) is 6.52. The van der Waals surface area contributed by atoms with E-state index in [1.165, 1.54) is 43.3 Å². The monoisotopic (exact) mass is 452 g/mol. The van der Waals surface area contributed by atoms with Crippen LogP contribution in [0.15, 0.2) is 35.5 Å². The van der Waals surface area contributed by atoms with E-state index in [-0.39, 0.29) is 12.0 Å². The minimum atomic E-state index is -0.607. The second-order valence-electron chi connectivity index (χ2n) is 11.0. The Hall–Kier alpha value is -0.240. The summed E-state index contributed by atoms with van der Waals surface area (Å²) in [4.78, 5) is 0. The van der Waals surface area contributed by atoms with Gasteiger partial charge in [0, 0.05) is 0 Å². The van der Waals surface area contributed by atoms with Crippen molar-refractivity contribution in [1.29, 1.82) is 0 Å². The third kappa shape index (κ3) is 5.21. The molecule has 0 saturated heterocycles. The van der Waals surface area contributed by atoms with Crippen molar-refractivity contribution in [3.05, 3.63) is 35.5 Å². The first-order valence-electron chi connectivity index (χ1n) is 12.2. The zero-order valence-corrected chi connectivity index (χ0v) is 21.0. The lowest BCUT2D eigenvalue weighted by atomic mass is 9.60. The van der Waals surface area contributed by atoms with E-state index < -0.39 is 4.33 Å². The number of hydrogen-bond donors (Lipinski definition) is 1. The lowest BCUT2D eigenvalue weighted by Gasteiger charge is -2.44. The van der Waals surface area contributed by atoms with Crippen LogP contribution in [0.1, 0.15) is 91.9 Å². The van der Waals surface area contributed by atoms with Crippen molar-refractivity contribution in [1.82, 2.24) is 0 Å². The summed E-state index contributed by atoms with van der Waals surface area (Å²) in [6.45, 7) is 13.4. The molecule has 3 saturated carbocycles. The molecule has 3 fully saturated rings. The van der Waals surface area contributed by atoms with Crippen molar-refractivity contribution < 1.29 is 5.11 Å². The molecule has 0 radical (unpaired) electrons. The van der Waals surface area contributed by atoms with Gasteiger partial charge in [-0.1, -0.05) is 57.6 Å². The van der Waals surface area contributed by atoms with Gasteiger partial charge in [-0.05, 0) is 98.9 Å². The Kier molecular flexibility index (Phi) is 7.90. The molecular weight excluding hydrogens is 411 g/mol. The number of halogens is 2. The van der Waals surface area contributed by atoms with Gasteiger partial charge in [-0.25, -0.2) is 0 Å². The Morgan fingerprint density at radius 2 is 1.90 bits per heavy atom. The summed E-state index contributed by atoms with van der Waals surface area (Å²) in [5.41, 5.74) is 4.49. The Morgan fingerprint density at radius 1 is 1.17 bits per heavy atom. The Balaban J connectivity index is 1.71. The number of fused-ring (bicyclic) bond motifs is 1. The molecule has 0 aromatic rings. The molecule has 170 valence electrons.